The van der Waals surface area contributed by atoms with Gasteiger partial charge >= 0.3 is 6.03 Å². The van der Waals surface area contributed by atoms with Crippen LogP contribution in [0, 0.1) is 0 Å². The van der Waals surface area contributed by atoms with Crippen LogP contribution in [-0.2, 0) is 10.8 Å². The van der Waals surface area contributed by atoms with E-state index in [0.717, 1.165) is 75.8 Å². The maximum absolute atomic E-state index is 13.5. The highest BCUT2D eigenvalue weighted by Crippen LogP contribution is 2.42. The Morgan fingerprint density at radius 2 is 1.53 bits per heavy atom. The summed E-state index contributed by atoms with van der Waals surface area (Å²) in [7, 11) is 1.90. The van der Waals surface area contributed by atoms with E-state index in [2.05, 4.69) is 46.6 Å². The maximum Gasteiger partial charge on any atom is 0.317 e. The van der Waals surface area contributed by atoms with E-state index >= 15 is 0 Å². The van der Waals surface area contributed by atoms with Crippen LogP contribution in [0.2, 0.25) is 10.0 Å². The number of likely N-dealkylation sites (N-methyl/N-ethyl adjacent to an activating group) is 1. The van der Waals surface area contributed by atoms with E-state index in [9.17, 15) is 9.59 Å². The molecule has 5 rings (SSSR count). The van der Waals surface area contributed by atoms with E-state index in [1.54, 1.807) is 0 Å². The summed E-state index contributed by atoms with van der Waals surface area (Å²) >= 11 is 12.9. The summed E-state index contributed by atoms with van der Waals surface area (Å²) in [6.45, 7) is 7.66. The number of halogens is 2. The van der Waals surface area contributed by atoms with Gasteiger partial charge in [-0.15, -0.1) is 0 Å². The zero-order valence-electron chi connectivity index (χ0n) is 26.6. The summed E-state index contributed by atoms with van der Waals surface area (Å²) < 4.78 is 0. The monoisotopic (exact) mass is 648 g/mol. The molecule has 2 aliphatic heterocycles. The van der Waals surface area contributed by atoms with Crippen molar-refractivity contribution in [1.82, 2.24) is 20.0 Å². The zero-order valence-corrected chi connectivity index (χ0v) is 28.1. The van der Waals surface area contributed by atoms with Gasteiger partial charge in [0.25, 0.3) is 5.91 Å². The Morgan fingerprint density at radius 1 is 0.844 bits per heavy atom. The van der Waals surface area contributed by atoms with Gasteiger partial charge < -0.3 is 20.0 Å². The molecule has 0 aromatic heterocycles. The quantitative estimate of drug-likeness (QED) is 0.246. The van der Waals surface area contributed by atoms with E-state index in [4.69, 9.17) is 23.2 Å². The van der Waals surface area contributed by atoms with Crippen molar-refractivity contribution in [2.45, 2.75) is 56.3 Å². The minimum atomic E-state index is -0.185. The molecule has 1 N–H and O–H groups in total. The van der Waals surface area contributed by atoms with Crippen LogP contribution >= 0.6 is 23.2 Å². The summed E-state index contributed by atoms with van der Waals surface area (Å²) in [5, 5.41) is 4.06. The molecule has 0 aliphatic carbocycles. The Kier molecular flexibility index (Phi) is 11.1. The summed E-state index contributed by atoms with van der Waals surface area (Å²) in [6.07, 6.45) is 5.93. The Hall–Kier alpha value is -3.06. The first-order valence-corrected chi connectivity index (χ1v) is 17.1. The van der Waals surface area contributed by atoms with E-state index in [0.29, 0.717) is 29.7 Å². The van der Waals surface area contributed by atoms with Crippen LogP contribution in [0.4, 0.5) is 4.79 Å². The summed E-state index contributed by atoms with van der Waals surface area (Å²) in [5.74, 6) is 0.0885. The molecule has 240 valence electrons. The van der Waals surface area contributed by atoms with Crippen LogP contribution in [0.1, 0.15) is 66.9 Å². The lowest BCUT2D eigenvalue weighted by molar-refractivity contribution is 0.0616. The van der Waals surface area contributed by atoms with Crippen LogP contribution in [0.3, 0.4) is 0 Å². The number of rotatable bonds is 10. The fraction of sp³-hybridized carbons (Fsp3) is 0.459. The second-order valence-electron chi connectivity index (χ2n) is 12.9. The summed E-state index contributed by atoms with van der Waals surface area (Å²) in [5.41, 5.74) is 2.95. The molecule has 0 spiro atoms. The van der Waals surface area contributed by atoms with Crippen LogP contribution < -0.4 is 5.32 Å². The molecule has 0 saturated carbocycles. The Labute approximate surface area is 278 Å². The first-order chi connectivity index (χ1) is 21.7. The molecule has 6 nitrogen and oxygen atoms in total. The predicted molar refractivity (Wildman–Crippen MR) is 184 cm³/mol. The van der Waals surface area contributed by atoms with Crippen LogP contribution in [-0.4, -0.2) is 79.5 Å². The highest BCUT2D eigenvalue weighted by atomic mass is 35.5. The van der Waals surface area contributed by atoms with Gasteiger partial charge in [0, 0.05) is 49.6 Å². The average Bonchev–Trinajstić information content (AvgIpc) is 3.07. The van der Waals surface area contributed by atoms with Crippen LogP contribution in [0.15, 0.2) is 78.9 Å². The van der Waals surface area contributed by atoms with Gasteiger partial charge in [-0.2, -0.15) is 0 Å². The Morgan fingerprint density at radius 3 is 2.20 bits per heavy atom. The lowest BCUT2D eigenvalue weighted by Crippen LogP contribution is -2.51. The molecule has 0 radical (unpaired) electrons. The molecule has 2 heterocycles. The first kappa shape index (κ1) is 33.3. The average molecular weight is 650 g/mol. The number of nitrogens with zero attached hydrogens (tertiary/aromatic N) is 3. The molecule has 2 fully saturated rings. The van der Waals surface area contributed by atoms with Gasteiger partial charge in [0.1, 0.15) is 0 Å². The highest BCUT2D eigenvalue weighted by Gasteiger charge is 2.40. The molecule has 3 aromatic rings. The van der Waals surface area contributed by atoms with Gasteiger partial charge in [-0.3, -0.25) is 4.79 Å². The largest absolute Gasteiger partial charge is 0.338 e. The zero-order chi connectivity index (χ0) is 31.9. The number of hydrogen-bond donors (Lipinski definition) is 1. The molecule has 1 atom stereocenters. The number of urea groups is 1. The molecule has 2 saturated heterocycles. The number of amides is 3. The van der Waals surface area contributed by atoms with Gasteiger partial charge in [-0.05, 0) is 100 Å². The van der Waals surface area contributed by atoms with Crippen molar-refractivity contribution in [3.63, 3.8) is 0 Å². The molecule has 0 bridgehead atoms. The van der Waals surface area contributed by atoms with E-state index in [1.807, 2.05) is 66.2 Å². The fourth-order valence-corrected chi connectivity index (χ4v) is 7.76. The topological polar surface area (TPSA) is 55.9 Å². The van der Waals surface area contributed by atoms with Crippen LogP contribution in [0.5, 0.6) is 0 Å². The standard InChI is InChI=1S/C37H46Cl2N4O2/c1-3-40-35(45)41(2)27-37(30-14-8-5-9-15-30)20-24-42(25-21-37)22-10-18-36(31-16-17-32(38)33(39)26-31)19-11-23-43(28-36)34(44)29-12-6-4-7-13-29/h4-9,12-17,26H,3,10-11,18-25,27-28H2,1-2H3,(H,40,45). The van der Waals surface area contributed by atoms with Gasteiger partial charge in [-0.25, -0.2) is 4.79 Å². The van der Waals surface area contributed by atoms with Crippen molar-refractivity contribution in [3.8, 4) is 0 Å². The minimum Gasteiger partial charge on any atom is -0.338 e. The van der Waals surface area contributed by atoms with Gasteiger partial charge in [0.05, 0.1) is 10.0 Å². The van der Waals surface area contributed by atoms with E-state index < -0.39 is 0 Å². The van der Waals surface area contributed by atoms with E-state index in [-0.39, 0.29) is 22.8 Å². The Balaban J connectivity index is 1.28. The molecule has 8 heteroatoms. The summed E-state index contributed by atoms with van der Waals surface area (Å²) in [6, 6.07) is 26.3. The second kappa shape index (κ2) is 15.0. The number of benzene rings is 3. The first-order valence-electron chi connectivity index (χ1n) is 16.3. The number of carbonyl (C=O) groups is 2. The molecule has 2 aliphatic rings. The molecular weight excluding hydrogens is 603 g/mol. The number of nitrogens with one attached hydrogen (secondary N) is 1. The van der Waals surface area contributed by atoms with E-state index in [1.165, 1.54) is 5.56 Å². The lowest BCUT2D eigenvalue weighted by atomic mass is 9.70. The van der Waals surface area contributed by atoms with Crippen molar-refractivity contribution in [2.75, 3.05) is 52.9 Å². The number of hydrogen-bond acceptors (Lipinski definition) is 3. The normalized spacial score (nSPS) is 20.0. The number of carbonyl (C=O) groups excluding carboxylic acids is 2. The van der Waals surface area contributed by atoms with Crippen molar-refractivity contribution in [1.29, 1.82) is 0 Å². The van der Waals surface area contributed by atoms with Crippen molar-refractivity contribution in [3.05, 3.63) is 106 Å². The smallest absolute Gasteiger partial charge is 0.317 e. The van der Waals surface area contributed by atoms with Crippen molar-refractivity contribution >= 4 is 35.1 Å². The lowest BCUT2D eigenvalue weighted by Gasteiger charge is -2.45. The minimum absolute atomic E-state index is 0.0184. The van der Waals surface area contributed by atoms with Crippen LogP contribution in [0.25, 0.3) is 0 Å². The fourth-order valence-electron chi connectivity index (χ4n) is 7.47. The third-order valence-corrected chi connectivity index (χ3v) is 10.7. The molecule has 45 heavy (non-hydrogen) atoms. The van der Waals surface area contributed by atoms with Gasteiger partial charge in [0.15, 0.2) is 0 Å². The van der Waals surface area contributed by atoms with Crippen molar-refractivity contribution in [2.24, 2.45) is 0 Å². The molecule has 3 amide bonds. The maximum atomic E-state index is 13.5. The highest BCUT2D eigenvalue weighted by molar-refractivity contribution is 6.42. The molecule has 1 unspecified atom stereocenters. The number of piperidine rings is 2. The number of likely N-dealkylation sites (tertiary alicyclic amines) is 2. The predicted octanol–water partition coefficient (Wildman–Crippen LogP) is 7.64. The third kappa shape index (κ3) is 7.85. The summed E-state index contributed by atoms with van der Waals surface area (Å²) in [4.78, 5) is 32.6. The molecular formula is C37H46Cl2N4O2. The Bertz CT molecular complexity index is 1430. The van der Waals surface area contributed by atoms with Gasteiger partial charge in [-0.1, -0.05) is 77.8 Å². The third-order valence-electron chi connectivity index (χ3n) is 9.96. The van der Waals surface area contributed by atoms with Gasteiger partial charge in [0.2, 0.25) is 0 Å². The molecule has 3 aromatic carbocycles. The SMILES string of the molecule is CCNC(=O)N(C)CC1(c2ccccc2)CCN(CCCC2(c3ccc(Cl)c(Cl)c3)CCCN(C(=O)c3ccccc3)C2)CC1. The van der Waals surface area contributed by atoms with Crippen molar-refractivity contribution < 1.29 is 9.59 Å². The second-order valence-corrected chi connectivity index (χ2v) is 13.7.